The van der Waals surface area contributed by atoms with Crippen molar-refractivity contribution in [3.05, 3.63) is 63.9 Å². The Balaban J connectivity index is 1.77. The Morgan fingerprint density at radius 3 is 2.83 bits per heavy atom. The van der Waals surface area contributed by atoms with Crippen LogP contribution in [0.2, 0.25) is 0 Å². The summed E-state index contributed by atoms with van der Waals surface area (Å²) in [5.41, 5.74) is 3.88. The smallest absolute Gasteiger partial charge is 0.0300 e. The highest BCUT2D eigenvalue weighted by Crippen LogP contribution is 2.16. The van der Waals surface area contributed by atoms with Crippen LogP contribution in [0.4, 0.5) is 0 Å². The van der Waals surface area contributed by atoms with Crippen LogP contribution in [0, 0.1) is 6.92 Å². The van der Waals surface area contributed by atoms with Gasteiger partial charge in [0.05, 0.1) is 0 Å². The van der Waals surface area contributed by atoms with E-state index in [4.69, 9.17) is 0 Å². The molecular weight excluding hydrogens is 288 g/mol. The minimum absolute atomic E-state index is 0.911. The lowest BCUT2D eigenvalue weighted by molar-refractivity contribution is 0.685. The Bertz CT molecular complexity index is 497. The van der Waals surface area contributed by atoms with Crippen molar-refractivity contribution in [1.82, 2.24) is 10.3 Å². The van der Waals surface area contributed by atoms with E-state index in [1.54, 1.807) is 0 Å². The lowest BCUT2D eigenvalue weighted by atomic mass is 10.1. The molecule has 0 radical (unpaired) electrons. The largest absolute Gasteiger partial charge is 0.312 e. The van der Waals surface area contributed by atoms with Crippen LogP contribution in [-0.2, 0) is 13.0 Å². The summed E-state index contributed by atoms with van der Waals surface area (Å²) in [6.45, 7) is 4.00. The molecule has 18 heavy (non-hydrogen) atoms. The van der Waals surface area contributed by atoms with Gasteiger partial charge in [0, 0.05) is 23.4 Å². The first-order valence-corrected chi connectivity index (χ1v) is 6.89. The molecule has 2 aromatic rings. The predicted molar refractivity (Wildman–Crippen MR) is 78.5 cm³/mol. The number of nitrogens with one attached hydrogen (secondary N) is 1. The van der Waals surface area contributed by atoms with Crippen LogP contribution < -0.4 is 5.32 Å². The highest BCUT2D eigenvalue weighted by atomic mass is 79.9. The maximum atomic E-state index is 4.11. The molecule has 2 nitrogen and oxygen atoms in total. The van der Waals surface area contributed by atoms with Gasteiger partial charge in [-0.05, 0) is 48.7 Å². The van der Waals surface area contributed by atoms with Crippen LogP contribution >= 0.6 is 15.9 Å². The Labute approximate surface area is 117 Å². The van der Waals surface area contributed by atoms with E-state index in [-0.39, 0.29) is 0 Å². The van der Waals surface area contributed by atoms with Crippen molar-refractivity contribution in [3.8, 4) is 0 Å². The molecule has 0 aliphatic rings. The Hall–Kier alpha value is -1.19. The first kappa shape index (κ1) is 13.2. The van der Waals surface area contributed by atoms with Crippen LogP contribution in [0.1, 0.15) is 16.7 Å². The topological polar surface area (TPSA) is 24.9 Å². The number of benzene rings is 1. The lowest BCUT2D eigenvalue weighted by Gasteiger charge is -2.06. The molecule has 2 rings (SSSR count). The maximum absolute atomic E-state index is 4.11. The fraction of sp³-hybridized carbons (Fsp3) is 0.267. The quantitative estimate of drug-likeness (QED) is 0.855. The standard InChI is InChI=1S/C15H17BrN2/c1-12-9-14(4-5-15(12)16)11-18-8-6-13-3-2-7-17-10-13/h2-5,7,9-10,18H,6,8,11H2,1H3. The van der Waals surface area contributed by atoms with Gasteiger partial charge in [0.1, 0.15) is 0 Å². The van der Waals surface area contributed by atoms with Gasteiger partial charge in [-0.2, -0.15) is 0 Å². The molecule has 0 saturated carbocycles. The number of aromatic nitrogens is 1. The minimum atomic E-state index is 0.911. The van der Waals surface area contributed by atoms with Gasteiger partial charge < -0.3 is 5.32 Å². The summed E-state index contributed by atoms with van der Waals surface area (Å²) in [7, 11) is 0. The van der Waals surface area contributed by atoms with E-state index in [0.717, 1.165) is 19.5 Å². The van der Waals surface area contributed by atoms with Crippen LogP contribution in [0.25, 0.3) is 0 Å². The summed E-state index contributed by atoms with van der Waals surface area (Å²) in [5, 5.41) is 3.45. The zero-order valence-electron chi connectivity index (χ0n) is 10.5. The summed E-state index contributed by atoms with van der Waals surface area (Å²) in [6.07, 6.45) is 4.75. The average molecular weight is 305 g/mol. The first-order chi connectivity index (χ1) is 8.75. The second kappa shape index (κ2) is 6.66. The molecule has 94 valence electrons. The number of halogens is 1. The third-order valence-corrected chi connectivity index (χ3v) is 3.75. The van der Waals surface area contributed by atoms with Gasteiger partial charge in [0.2, 0.25) is 0 Å². The SMILES string of the molecule is Cc1cc(CNCCc2cccnc2)ccc1Br. The highest BCUT2D eigenvalue weighted by Gasteiger charge is 1.97. The van der Waals surface area contributed by atoms with E-state index in [2.05, 4.69) is 57.4 Å². The summed E-state index contributed by atoms with van der Waals surface area (Å²) in [6, 6.07) is 10.6. The number of aryl methyl sites for hydroxylation is 1. The molecule has 1 N–H and O–H groups in total. The Morgan fingerprint density at radius 2 is 2.11 bits per heavy atom. The van der Waals surface area contributed by atoms with Crippen molar-refractivity contribution in [3.63, 3.8) is 0 Å². The van der Waals surface area contributed by atoms with Gasteiger partial charge in [-0.25, -0.2) is 0 Å². The fourth-order valence-electron chi connectivity index (χ4n) is 1.83. The van der Waals surface area contributed by atoms with E-state index >= 15 is 0 Å². The molecule has 1 aromatic heterocycles. The average Bonchev–Trinajstić information content (AvgIpc) is 2.40. The summed E-state index contributed by atoms with van der Waals surface area (Å²) < 4.78 is 1.17. The van der Waals surface area contributed by atoms with E-state index in [1.807, 2.05) is 18.5 Å². The van der Waals surface area contributed by atoms with E-state index in [1.165, 1.54) is 21.2 Å². The molecule has 0 fully saturated rings. The molecule has 1 aromatic carbocycles. The summed E-state index contributed by atoms with van der Waals surface area (Å²) in [4.78, 5) is 4.11. The second-order valence-electron chi connectivity index (χ2n) is 4.37. The van der Waals surface area contributed by atoms with Gasteiger partial charge in [0.25, 0.3) is 0 Å². The van der Waals surface area contributed by atoms with Gasteiger partial charge >= 0.3 is 0 Å². The lowest BCUT2D eigenvalue weighted by Crippen LogP contribution is -2.16. The summed E-state index contributed by atoms with van der Waals surface area (Å²) in [5.74, 6) is 0. The van der Waals surface area contributed by atoms with E-state index < -0.39 is 0 Å². The van der Waals surface area contributed by atoms with E-state index in [9.17, 15) is 0 Å². The number of nitrogens with zero attached hydrogens (tertiary/aromatic N) is 1. The number of hydrogen-bond acceptors (Lipinski definition) is 2. The van der Waals surface area contributed by atoms with Gasteiger partial charge in [-0.3, -0.25) is 4.98 Å². The van der Waals surface area contributed by atoms with Crippen LogP contribution in [-0.4, -0.2) is 11.5 Å². The minimum Gasteiger partial charge on any atom is -0.312 e. The number of rotatable bonds is 5. The van der Waals surface area contributed by atoms with Gasteiger partial charge in [-0.1, -0.05) is 34.1 Å². The van der Waals surface area contributed by atoms with Crippen molar-refractivity contribution >= 4 is 15.9 Å². The fourth-order valence-corrected chi connectivity index (χ4v) is 2.07. The zero-order chi connectivity index (χ0) is 12.8. The molecule has 3 heteroatoms. The molecule has 0 atom stereocenters. The molecule has 0 amide bonds. The van der Waals surface area contributed by atoms with Crippen molar-refractivity contribution < 1.29 is 0 Å². The third kappa shape index (κ3) is 3.93. The zero-order valence-corrected chi connectivity index (χ0v) is 12.1. The van der Waals surface area contributed by atoms with Crippen molar-refractivity contribution in [2.45, 2.75) is 19.9 Å². The Kier molecular flexibility index (Phi) is 4.90. The van der Waals surface area contributed by atoms with Crippen molar-refractivity contribution in [2.24, 2.45) is 0 Å². The molecule has 0 unspecified atom stereocenters. The van der Waals surface area contributed by atoms with Crippen molar-refractivity contribution in [1.29, 1.82) is 0 Å². The molecule has 0 aliphatic heterocycles. The molecule has 0 bridgehead atoms. The summed E-state index contributed by atoms with van der Waals surface area (Å²) >= 11 is 3.51. The second-order valence-corrected chi connectivity index (χ2v) is 5.23. The van der Waals surface area contributed by atoms with Crippen LogP contribution in [0.3, 0.4) is 0 Å². The monoisotopic (exact) mass is 304 g/mol. The highest BCUT2D eigenvalue weighted by molar-refractivity contribution is 9.10. The molecule has 0 aliphatic carbocycles. The number of hydrogen-bond donors (Lipinski definition) is 1. The van der Waals surface area contributed by atoms with Gasteiger partial charge in [-0.15, -0.1) is 0 Å². The molecule has 1 heterocycles. The van der Waals surface area contributed by atoms with Crippen LogP contribution in [0.15, 0.2) is 47.2 Å². The van der Waals surface area contributed by atoms with E-state index in [0.29, 0.717) is 0 Å². The maximum Gasteiger partial charge on any atom is 0.0300 e. The molecule has 0 saturated heterocycles. The van der Waals surface area contributed by atoms with Crippen LogP contribution in [0.5, 0.6) is 0 Å². The predicted octanol–water partition coefficient (Wildman–Crippen LogP) is 3.48. The van der Waals surface area contributed by atoms with Gasteiger partial charge in [0.15, 0.2) is 0 Å². The number of pyridine rings is 1. The third-order valence-electron chi connectivity index (χ3n) is 2.86. The first-order valence-electron chi connectivity index (χ1n) is 6.10. The van der Waals surface area contributed by atoms with Crippen molar-refractivity contribution in [2.75, 3.05) is 6.54 Å². The molecule has 0 spiro atoms. The Morgan fingerprint density at radius 1 is 1.22 bits per heavy atom. The normalized spacial score (nSPS) is 10.6. The molecular formula is C15H17BrN2.